The maximum atomic E-state index is 12.7. The molecule has 0 aliphatic carbocycles. The van der Waals surface area contributed by atoms with Crippen molar-refractivity contribution in [3.05, 3.63) is 54.1 Å². The van der Waals surface area contributed by atoms with E-state index in [4.69, 9.17) is 4.74 Å². The number of para-hydroxylation sites is 1. The summed E-state index contributed by atoms with van der Waals surface area (Å²) >= 11 is 0. The molecule has 1 N–H and O–H groups in total. The molecule has 1 atom stereocenters. The van der Waals surface area contributed by atoms with Crippen molar-refractivity contribution in [2.45, 2.75) is 32.2 Å². The second kappa shape index (κ2) is 7.38. The Morgan fingerprint density at radius 3 is 2.56 bits per heavy atom. The lowest BCUT2D eigenvalue weighted by Gasteiger charge is -2.28. The molecule has 1 aliphatic rings. The molecule has 5 heteroatoms. The number of nitrogens with one attached hydrogen (secondary N) is 1. The third-order valence-electron chi connectivity index (χ3n) is 4.48. The van der Waals surface area contributed by atoms with Crippen LogP contribution in [0.25, 0.3) is 0 Å². The van der Waals surface area contributed by atoms with Crippen LogP contribution in [0.1, 0.15) is 25.3 Å². The lowest BCUT2D eigenvalue weighted by molar-refractivity contribution is -0.123. The van der Waals surface area contributed by atoms with Crippen molar-refractivity contribution in [1.82, 2.24) is 0 Å². The van der Waals surface area contributed by atoms with Crippen LogP contribution >= 0.6 is 0 Å². The van der Waals surface area contributed by atoms with Gasteiger partial charge in [0.05, 0.1) is 7.11 Å². The fraction of sp³-hybridized carbons (Fsp3) is 0.300. The van der Waals surface area contributed by atoms with Crippen LogP contribution in [0.5, 0.6) is 5.75 Å². The standard InChI is InChI=1S/C20H22N2O3/c1-14(20(24)21-16-10-12-17(25-2)13-11-16)22-18-8-4-3-6-15(18)7-5-9-19(22)23/h3-4,6,8,10-14H,5,7,9H2,1-2H3,(H,21,24)/t14-/m1/s1. The van der Waals surface area contributed by atoms with Gasteiger partial charge in [-0.2, -0.15) is 0 Å². The van der Waals surface area contributed by atoms with Crippen LogP contribution in [0.3, 0.4) is 0 Å². The van der Waals surface area contributed by atoms with Crippen LogP contribution < -0.4 is 15.0 Å². The fourth-order valence-electron chi connectivity index (χ4n) is 3.11. The molecule has 0 spiro atoms. The summed E-state index contributed by atoms with van der Waals surface area (Å²) in [5.74, 6) is 0.500. The first-order valence-electron chi connectivity index (χ1n) is 8.45. The molecule has 0 fully saturated rings. The number of methoxy groups -OCH3 is 1. The summed E-state index contributed by atoms with van der Waals surface area (Å²) in [6.45, 7) is 1.76. The van der Waals surface area contributed by atoms with Gasteiger partial charge in [0.1, 0.15) is 11.8 Å². The minimum atomic E-state index is -0.589. The number of aryl methyl sites for hydroxylation is 1. The summed E-state index contributed by atoms with van der Waals surface area (Å²) in [5.41, 5.74) is 2.62. The largest absolute Gasteiger partial charge is 0.497 e. The smallest absolute Gasteiger partial charge is 0.247 e. The van der Waals surface area contributed by atoms with E-state index in [-0.39, 0.29) is 11.8 Å². The van der Waals surface area contributed by atoms with E-state index in [1.807, 2.05) is 24.3 Å². The highest BCUT2D eigenvalue weighted by molar-refractivity contribution is 6.05. The molecule has 1 heterocycles. The molecule has 5 nitrogen and oxygen atoms in total. The summed E-state index contributed by atoms with van der Waals surface area (Å²) in [6, 6.07) is 14.3. The number of hydrogen-bond donors (Lipinski definition) is 1. The van der Waals surface area contributed by atoms with Crippen molar-refractivity contribution in [3.8, 4) is 5.75 Å². The normalized spacial score (nSPS) is 15.1. The van der Waals surface area contributed by atoms with Crippen molar-refractivity contribution in [2.24, 2.45) is 0 Å². The van der Waals surface area contributed by atoms with Crippen molar-refractivity contribution in [1.29, 1.82) is 0 Å². The second-order valence-electron chi connectivity index (χ2n) is 6.14. The lowest BCUT2D eigenvalue weighted by Crippen LogP contribution is -2.45. The molecule has 0 aromatic heterocycles. The molecule has 3 rings (SSSR count). The van der Waals surface area contributed by atoms with Crippen molar-refractivity contribution in [2.75, 3.05) is 17.3 Å². The first kappa shape index (κ1) is 17.0. The highest BCUT2D eigenvalue weighted by Crippen LogP contribution is 2.29. The summed E-state index contributed by atoms with van der Waals surface area (Å²) in [5, 5.41) is 2.87. The molecule has 0 bridgehead atoms. The number of hydrogen-bond acceptors (Lipinski definition) is 3. The predicted molar refractivity (Wildman–Crippen MR) is 98.0 cm³/mol. The van der Waals surface area contributed by atoms with Gasteiger partial charge < -0.3 is 10.1 Å². The molecule has 0 unspecified atom stereocenters. The van der Waals surface area contributed by atoms with Gasteiger partial charge in [-0.05, 0) is 55.7 Å². The highest BCUT2D eigenvalue weighted by Gasteiger charge is 2.30. The summed E-state index contributed by atoms with van der Waals surface area (Å²) in [7, 11) is 1.60. The number of rotatable bonds is 4. The lowest BCUT2D eigenvalue weighted by atomic mass is 10.1. The number of fused-ring (bicyclic) bond motifs is 1. The van der Waals surface area contributed by atoms with E-state index in [0.717, 1.165) is 29.8 Å². The molecule has 2 aromatic carbocycles. The van der Waals surface area contributed by atoms with Crippen LogP contribution in [-0.4, -0.2) is 25.0 Å². The molecule has 130 valence electrons. The minimum Gasteiger partial charge on any atom is -0.497 e. The van der Waals surface area contributed by atoms with Crippen molar-refractivity contribution >= 4 is 23.2 Å². The SMILES string of the molecule is COc1ccc(NC(=O)[C@@H](C)N2C(=O)CCCc3ccccc32)cc1. The fourth-order valence-corrected chi connectivity index (χ4v) is 3.11. The van der Waals surface area contributed by atoms with Gasteiger partial charge >= 0.3 is 0 Å². The number of carbonyl (C=O) groups is 2. The van der Waals surface area contributed by atoms with E-state index >= 15 is 0 Å². The van der Waals surface area contributed by atoms with Crippen LogP contribution in [-0.2, 0) is 16.0 Å². The van der Waals surface area contributed by atoms with Crippen LogP contribution in [0.2, 0.25) is 0 Å². The Balaban J connectivity index is 1.81. The molecular formula is C20H22N2O3. The average Bonchev–Trinajstić information content (AvgIpc) is 2.80. The third kappa shape index (κ3) is 3.65. The first-order valence-corrected chi connectivity index (χ1v) is 8.45. The monoisotopic (exact) mass is 338 g/mol. The van der Waals surface area contributed by atoms with Crippen molar-refractivity contribution < 1.29 is 14.3 Å². The van der Waals surface area contributed by atoms with E-state index in [0.29, 0.717) is 12.1 Å². The first-order chi connectivity index (χ1) is 12.1. The maximum Gasteiger partial charge on any atom is 0.247 e. The summed E-state index contributed by atoms with van der Waals surface area (Å²) < 4.78 is 5.12. The van der Waals surface area contributed by atoms with E-state index in [9.17, 15) is 9.59 Å². The number of ether oxygens (including phenoxy) is 1. The minimum absolute atomic E-state index is 0.0117. The summed E-state index contributed by atoms with van der Waals surface area (Å²) in [6.07, 6.45) is 2.11. The maximum absolute atomic E-state index is 12.7. The Morgan fingerprint density at radius 1 is 1.12 bits per heavy atom. The number of anilines is 2. The quantitative estimate of drug-likeness (QED) is 0.929. The van der Waals surface area contributed by atoms with Gasteiger partial charge in [-0.3, -0.25) is 14.5 Å². The zero-order chi connectivity index (χ0) is 17.8. The molecule has 25 heavy (non-hydrogen) atoms. The zero-order valence-electron chi connectivity index (χ0n) is 14.5. The number of carbonyl (C=O) groups excluding carboxylic acids is 2. The average molecular weight is 338 g/mol. The van der Waals surface area contributed by atoms with E-state index in [2.05, 4.69) is 5.32 Å². The molecule has 0 radical (unpaired) electrons. The third-order valence-corrected chi connectivity index (χ3v) is 4.48. The van der Waals surface area contributed by atoms with E-state index in [1.165, 1.54) is 0 Å². The Hall–Kier alpha value is -2.82. The van der Waals surface area contributed by atoms with Gasteiger partial charge in [0.25, 0.3) is 0 Å². The topological polar surface area (TPSA) is 58.6 Å². The Bertz CT molecular complexity index is 771. The Labute approximate surface area is 147 Å². The summed E-state index contributed by atoms with van der Waals surface area (Å²) in [4.78, 5) is 26.9. The number of benzene rings is 2. The zero-order valence-corrected chi connectivity index (χ0v) is 14.5. The molecule has 0 saturated carbocycles. The molecular weight excluding hydrogens is 316 g/mol. The molecule has 1 aliphatic heterocycles. The van der Waals surface area contributed by atoms with Gasteiger partial charge in [0.2, 0.25) is 11.8 Å². The van der Waals surface area contributed by atoms with E-state index in [1.54, 1.807) is 43.2 Å². The highest BCUT2D eigenvalue weighted by atomic mass is 16.5. The van der Waals surface area contributed by atoms with Crippen LogP contribution in [0.15, 0.2) is 48.5 Å². The number of amides is 2. The van der Waals surface area contributed by atoms with Crippen LogP contribution in [0.4, 0.5) is 11.4 Å². The number of nitrogens with zero attached hydrogens (tertiary/aromatic N) is 1. The van der Waals surface area contributed by atoms with Gasteiger partial charge in [0, 0.05) is 17.8 Å². The van der Waals surface area contributed by atoms with E-state index < -0.39 is 6.04 Å². The molecule has 0 saturated heterocycles. The Morgan fingerprint density at radius 2 is 1.84 bits per heavy atom. The molecule has 2 amide bonds. The van der Waals surface area contributed by atoms with Gasteiger partial charge in [-0.15, -0.1) is 0 Å². The van der Waals surface area contributed by atoms with Gasteiger partial charge in [0.15, 0.2) is 0 Å². The predicted octanol–water partition coefficient (Wildman–Crippen LogP) is 3.39. The van der Waals surface area contributed by atoms with Crippen molar-refractivity contribution in [3.63, 3.8) is 0 Å². The van der Waals surface area contributed by atoms with Gasteiger partial charge in [-0.1, -0.05) is 18.2 Å². The molecule has 2 aromatic rings. The Kier molecular flexibility index (Phi) is 5.03. The van der Waals surface area contributed by atoms with Gasteiger partial charge in [-0.25, -0.2) is 0 Å². The second-order valence-corrected chi connectivity index (χ2v) is 6.14. The van der Waals surface area contributed by atoms with Crippen LogP contribution in [0, 0.1) is 0 Å².